The van der Waals surface area contributed by atoms with E-state index in [1.54, 1.807) is 24.3 Å². The quantitative estimate of drug-likeness (QED) is 0.117. The molecule has 4 aromatic carbocycles. The van der Waals surface area contributed by atoms with E-state index in [2.05, 4.69) is 25.2 Å². The second-order valence-corrected chi connectivity index (χ2v) is 14.5. The van der Waals surface area contributed by atoms with Gasteiger partial charge in [0.15, 0.2) is 11.4 Å². The number of nitrogens with one attached hydrogen (secondary N) is 3. The van der Waals surface area contributed by atoms with Crippen LogP contribution in [0, 0.1) is 6.92 Å². The Bertz CT molecular complexity index is 1910. The van der Waals surface area contributed by atoms with E-state index in [0.29, 0.717) is 23.0 Å². The van der Waals surface area contributed by atoms with Crippen molar-refractivity contribution < 1.29 is 27.8 Å². The molecule has 1 aliphatic rings. The van der Waals surface area contributed by atoms with Crippen LogP contribution in [0.15, 0.2) is 120 Å². The van der Waals surface area contributed by atoms with Crippen LogP contribution in [0.3, 0.4) is 0 Å². The maximum absolute atomic E-state index is 13.6. The highest BCUT2D eigenvalue weighted by atomic mass is 32.2. The molecule has 2 heterocycles. The molecule has 1 amide bonds. The zero-order chi connectivity index (χ0) is 34.2. The maximum Gasteiger partial charge on any atom is 0.242 e. The Balaban J connectivity index is 1.17. The lowest BCUT2D eigenvalue weighted by Gasteiger charge is -2.36. The fraction of sp³-hybridized carbons (Fsp3) is 0.250. The number of carbonyl (C=O) groups is 1. The highest BCUT2D eigenvalue weighted by molar-refractivity contribution is 7.99. The third kappa shape index (κ3) is 9.21. The molecule has 254 valence electrons. The number of hydrogen-bond acceptors (Lipinski definition) is 9. The number of hydrogen-bond donors (Lipinski definition) is 4. The van der Waals surface area contributed by atoms with Gasteiger partial charge >= 0.3 is 0 Å². The maximum atomic E-state index is 13.6. The number of anilines is 1. The third-order valence-electron chi connectivity index (χ3n) is 8.09. The highest BCUT2D eigenvalue weighted by Crippen LogP contribution is 2.39. The molecular weight excluding hydrogens is 663 g/mol. The zero-order valence-electron chi connectivity index (χ0n) is 26.7. The number of aromatic amines is 1. The first-order valence-corrected chi connectivity index (χ1v) is 18.2. The van der Waals surface area contributed by atoms with Crippen LogP contribution in [-0.2, 0) is 37.3 Å². The second-order valence-electron chi connectivity index (χ2n) is 11.7. The fourth-order valence-electron chi connectivity index (χ4n) is 5.42. The Hall–Kier alpha value is -4.37. The predicted molar refractivity (Wildman–Crippen MR) is 186 cm³/mol. The highest BCUT2D eigenvalue weighted by Gasteiger charge is 2.33. The number of benzene rings is 4. The minimum Gasteiger partial charge on any atom is -0.392 e. The van der Waals surface area contributed by atoms with Crippen LogP contribution in [0.25, 0.3) is 0 Å². The van der Waals surface area contributed by atoms with Crippen molar-refractivity contribution in [3.63, 3.8) is 0 Å². The first-order chi connectivity index (χ1) is 23.8. The Kier molecular flexibility index (Phi) is 11.2. The van der Waals surface area contributed by atoms with E-state index in [9.17, 15) is 18.3 Å². The van der Waals surface area contributed by atoms with E-state index in [1.807, 2.05) is 73.7 Å². The summed E-state index contributed by atoms with van der Waals surface area (Å²) < 4.78 is 42.0. The lowest BCUT2D eigenvalue weighted by atomic mass is 10.0. The number of rotatable bonds is 13. The van der Waals surface area contributed by atoms with Gasteiger partial charge in [-0.1, -0.05) is 96.2 Å². The van der Waals surface area contributed by atoms with E-state index in [0.717, 1.165) is 27.8 Å². The molecule has 1 saturated heterocycles. The average molecular weight is 700 g/mol. The van der Waals surface area contributed by atoms with E-state index in [-0.39, 0.29) is 30.1 Å². The molecule has 1 aliphatic heterocycles. The molecule has 6 rings (SSSR count). The van der Waals surface area contributed by atoms with Crippen molar-refractivity contribution >= 4 is 33.4 Å². The number of aryl methyl sites for hydroxylation is 1. The number of aliphatic hydroxyl groups is 1. The number of sulfonamides is 1. The minimum absolute atomic E-state index is 0.0392. The van der Waals surface area contributed by atoms with Crippen molar-refractivity contribution in [1.82, 2.24) is 19.9 Å². The number of ether oxygens (including phenoxy) is 2. The number of nitrogens with zero attached hydrogens (tertiary/aromatic N) is 2. The van der Waals surface area contributed by atoms with Crippen LogP contribution >= 0.6 is 11.8 Å². The Morgan fingerprint density at radius 1 is 0.939 bits per heavy atom. The van der Waals surface area contributed by atoms with Gasteiger partial charge in [-0.05, 0) is 54.3 Å². The molecule has 0 unspecified atom stereocenters. The summed E-state index contributed by atoms with van der Waals surface area (Å²) in [5.74, 6) is 0.128. The monoisotopic (exact) mass is 699 g/mol. The van der Waals surface area contributed by atoms with Gasteiger partial charge in [-0.2, -0.15) is 9.82 Å². The van der Waals surface area contributed by atoms with E-state index in [4.69, 9.17) is 9.47 Å². The van der Waals surface area contributed by atoms with Crippen molar-refractivity contribution in [2.24, 2.45) is 0 Å². The molecule has 49 heavy (non-hydrogen) atoms. The van der Waals surface area contributed by atoms with Crippen molar-refractivity contribution in [2.75, 3.05) is 11.1 Å². The standard InChI is InChI=1S/C36H37N5O6S2/c1-24-7-17-31(18-8-24)49(44,45)41-32(19-25-5-3-2-4-6-25)34(43)39-29-15-13-28(14-16-29)35-46-30(22-48-36-37-23-38-40-36)20-33(47-35)27-11-9-26(21-42)10-12-27/h2-18,23,30,32-33,35,41-42H,19-22H2,1H3,(H,39,43)(H,37,38,40)/t30-,32-,33+,35+/m1/s1. The van der Waals surface area contributed by atoms with Gasteiger partial charge in [0.25, 0.3) is 0 Å². The van der Waals surface area contributed by atoms with Crippen LogP contribution in [0.5, 0.6) is 0 Å². The van der Waals surface area contributed by atoms with Gasteiger partial charge in [0.1, 0.15) is 12.4 Å². The van der Waals surface area contributed by atoms with Gasteiger partial charge in [-0.15, -0.1) is 0 Å². The van der Waals surface area contributed by atoms with Gasteiger partial charge in [-0.25, -0.2) is 13.4 Å². The van der Waals surface area contributed by atoms with Gasteiger partial charge < -0.3 is 19.9 Å². The first-order valence-electron chi connectivity index (χ1n) is 15.8. The number of aromatic nitrogens is 3. The van der Waals surface area contributed by atoms with E-state index in [1.165, 1.54) is 30.2 Å². The summed E-state index contributed by atoms with van der Waals surface area (Å²) in [6.07, 6.45) is 1.13. The molecule has 13 heteroatoms. The number of carbonyl (C=O) groups excluding carboxylic acids is 1. The molecule has 1 aromatic heterocycles. The lowest BCUT2D eigenvalue weighted by Crippen LogP contribution is -2.45. The molecule has 0 aliphatic carbocycles. The first kappa shape index (κ1) is 34.5. The molecule has 11 nitrogen and oxygen atoms in total. The SMILES string of the molecule is Cc1ccc(S(=O)(=O)N[C@H](Cc2ccccc2)C(=O)Nc2ccc([C@H]3O[C@@H](CSc4ncn[nH]4)C[C@@H](c4ccc(CO)cc4)O3)cc2)cc1. The molecule has 1 fully saturated rings. The van der Waals surface area contributed by atoms with Crippen LogP contribution < -0.4 is 10.0 Å². The Morgan fingerprint density at radius 3 is 2.33 bits per heavy atom. The van der Waals surface area contributed by atoms with Crippen LogP contribution in [0.2, 0.25) is 0 Å². The van der Waals surface area contributed by atoms with Crippen LogP contribution in [0.4, 0.5) is 5.69 Å². The summed E-state index contributed by atoms with van der Waals surface area (Å²) >= 11 is 1.51. The van der Waals surface area contributed by atoms with Gasteiger partial charge in [0, 0.05) is 23.4 Å². The Morgan fingerprint density at radius 2 is 1.65 bits per heavy atom. The molecule has 5 aromatic rings. The molecule has 0 radical (unpaired) electrons. The number of H-pyrrole nitrogens is 1. The van der Waals surface area contributed by atoms with Crippen LogP contribution in [0.1, 0.15) is 46.6 Å². The molecule has 0 bridgehead atoms. The fourth-order valence-corrected chi connectivity index (χ4v) is 7.41. The normalized spacial score (nSPS) is 18.5. The minimum atomic E-state index is -3.98. The number of amides is 1. The summed E-state index contributed by atoms with van der Waals surface area (Å²) in [5, 5.41) is 19.8. The van der Waals surface area contributed by atoms with Gasteiger partial charge in [0.2, 0.25) is 15.9 Å². The predicted octanol–water partition coefficient (Wildman–Crippen LogP) is 5.47. The molecule has 4 N–H and O–H groups in total. The summed E-state index contributed by atoms with van der Waals surface area (Å²) in [6, 6.07) is 29.5. The topological polar surface area (TPSA) is 156 Å². The van der Waals surface area contributed by atoms with Crippen molar-refractivity contribution in [3.8, 4) is 0 Å². The average Bonchev–Trinajstić information content (AvgIpc) is 3.65. The summed E-state index contributed by atoms with van der Waals surface area (Å²) in [6.45, 7) is 1.84. The van der Waals surface area contributed by atoms with Crippen molar-refractivity contribution in [2.45, 2.75) is 61.0 Å². The lowest BCUT2D eigenvalue weighted by molar-refractivity contribution is -0.245. The van der Waals surface area contributed by atoms with Crippen LogP contribution in [-0.4, -0.2) is 52.5 Å². The number of thioether (sulfide) groups is 1. The molecule has 0 spiro atoms. The van der Waals surface area contributed by atoms with E-state index < -0.39 is 28.3 Å². The molecular formula is C36H37N5O6S2. The largest absolute Gasteiger partial charge is 0.392 e. The summed E-state index contributed by atoms with van der Waals surface area (Å²) in [7, 11) is -3.98. The van der Waals surface area contributed by atoms with E-state index >= 15 is 0 Å². The second kappa shape index (κ2) is 15.9. The number of aliphatic hydroxyl groups excluding tert-OH is 1. The van der Waals surface area contributed by atoms with Crippen molar-refractivity contribution in [3.05, 3.63) is 137 Å². The smallest absolute Gasteiger partial charge is 0.242 e. The third-order valence-corrected chi connectivity index (χ3v) is 10.6. The zero-order valence-corrected chi connectivity index (χ0v) is 28.4. The van der Waals surface area contributed by atoms with Crippen molar-refractivity contribution in [1.29, 1.82) is 0 Å². The summed E-state index contributed by atoms with van der Waals surface area (Å²) in [4.78, 5) is 17.9. The Labute approximate surface area is 289 Å². The summed E-state index contributed by atoms with van der Waals surface area (Å²) in [5.41, 5.74) is 4.78. The molecule has 0 saturated carbocycles. The van der Waals surface area contributed by atoms with Gasteiger partial charge in [-0.3, -0.25) is 9.89 Å². The molecule has 4 atom stereocenters. The van der Waals surface area contributed by atoms with Gasteiger partial charge in [0.05, 0.1) is 23.7 Å².